The van der Waals surface area contributed by atoms with E-state index in [0.717, 1.165) is 12.3 Å². The number of pyridine rings is 1. The highest BCUT2D eigenvalue weighted by Gasteiger charge is 2.32. The molecule has 0 amide bonds. The van der Waals surface area contributed by atoms with Crippen LogP contribution in [0.15, 0.2) is 36.5 Å². The number of hydrogen-bond donors (Lipinski definition) is 1. The third-order valence-electron chi connectivity index (χ3n) is 2.90. The highest BCUT2D eigenvalue weighted by molar-refractivity contribution is 5.46. The highest BCUT2D eigenvalue weighted by Crippen LogP contribution is 2.28. The monoisotopic (exact) mass is 338 g/mol. The van der Waals surface area contributed by atoms with Crippen molar-refractivity contribution in [1.82, 2.24) is 4.98 Å². The first-order valence-corrected chi connectivity index (χ1v) is 7.08. The smallest absolute Gasteiger partial charge is 0.433 e. The van der Waals surface area contributed by atoms with Gasteiger partial charge in [0.05, 0.1) is 13.2 Å². The Morgan fingerprint density at radius 1 is 1.21 bits per heavy atom. The van der Waals surface area contributed by atoms with Gasteiger partial charge in [0, 0.05) is 17.4 Å². The fraction of sp³-hybridized carbons (Fsp3) is 0.235. The van der Waals surface area contributed by atoms with Crippen molar-refractivity contribution in [3.63, 3.8) is 0 Å². The van der Waals surface area contributed by atoms with Crippen LogP contribution in [0.5, 0.6) is 5.75 Å². The number of rotatable bonds is 4. The predicted molar refractivity (Wildman–Crippen MR) is 82.2 cm³/mol. The van der Waals surface area contributed by atoms with Gasteiger partial charge in [-0.05, 0) is 37.3 Å². The molecule has 0 aliphatic heterocycles. The summed E-state index contributed by atoms with van der Waals surface area (Å²) < 4.78 is 56.3. The van der Waals surface area contributed by atoms with Gasteiger partial charge in [0.2, 0.25) is 0 Å². The molecule has 0 saturated heterocycles. The van der Waals surface area contributed by atoms with Crippen LogP contribution in [0.3, 0.4) is 0 Å². The zero-order valence-corrected chi connectivity index (χ0v) is 12.7. The van der Waals surface area contributed by atoms with Crippen molar-refractivity contribution in [3.05, 3.63) is 53.6 Å². The number of benzene rings is 1. The Hall–Kier alpha value is -2.75. The summed E-state index contributed by atoms with van der Waals surface area (Å²) in [5.74, 6) is 5.08. The lowest BCUT2D eigenvalue weighted by Crippen LogP contribution is -2.09. The van der Waals surface area contributed by atoms with Crippen molar-refractivity contribution in [3.8, 4) is 17.6 Å². The summed E-state index contributed by atoms with van der Waals surface area (Å²) in [5.41, 5.74) is -0.276. The molecule has 0 spiro atoms. The van der Waals surface area contributed by atoms with E-state index in [2.05, 4.69) is 22.1 Å². The third kappa shape index (κ3) is 4.88. The van der Waals surface area contributed by atoms with Gasteiger partial charge in [0.25, 0.3) is 0 Å². The van der Waals surface area contributed by atoms with Gasteiger partial charge in [0.1, 0.15) is 5.69 Å². The molecule has 1 N–H and O–H groups in total. The molecule has 3 nitrogen and oxygen atoms in total. The molecule has 126 valence electrons. The fourth-order valence-electron chi connectivity index (χ4n) is 1.84. The largest absolute Gasteiger partial charge is 0.491 e. The van der Waals surface area contributed by atoms with Crippen LogP contribution in [-0.4, -0.2) is 18.1 Å². The van der Waals surface area contributed by atoms with Crippen LogP contribution < -0.4 is 10.1 Å². The summed E-state index contributed by atoms with van der Waals surface area (Å²) in [6, 6.07) is 6.64. The van der Waals surface area contributed by atoms with Gasteiger partial charge in [-0.3, -0.25) is 4.98 Å². The molecule has 0 aliphatic rings. The van der Waals surface area contributed by atoms with Gasteiger partial charge >= 0.3 is 6.18 Å². The zero-order chi connectivity index (χ0) is 17.6. The first kappa shape index (κ1) is 17.6. The third-order valence-corrected chi connectivity index (χ3v) is 2.90. The van der Waals surface area contributed by atoms with Crippen LogP contribution in [0.25, 0.3) is 0 Å². The van der Waals surface area contributed by atoms with E-state index in [1.807, 2.05) is 0 Å². The summed E-state index contributed by atoms with van der Waals surface area (Å²) in [6.07, 6.45) is -3.43. The van der Waals surface area contributed by atoms with Crippen molar-refractivity contribution in [2.24, 2.45) is 0 Å². The highest BCUT2D eigenvalue weighted by atomic mass is 19.4. The van der Waals surface area contributed by atoms with Crippen LogP contribution in [0.2, 0.25) is 0 Å². The van der Waals surface area contributed by atoms with Crippen molar-refractivity contribution in [2.75, 3.05) is 18.5 Å². The Bertz CT molecular complexity index is 763. The second-order valence-electron chi connectivity index (χ2n) is 4.66. The van der Waals surface area contributed by atoms with Crippen molar-refractivity contribution >= 4 is 5.69 Å². The number of hydrogen-bond acceptors (Lipinski definition) is 3. The summed E-state index contributed by atoms with van der Waals surface area (Å²) in [6.45, 7) is 2.22. The first-order valence-electron chi connectivity index (χ1n) is 7.08. The number of nitrogens with one attached hydrogen (secondary N) is 1. The Morgan fingerprint density at radius 2 is 2.00 bits per heavy atom. The second kappa shape index (κ2) is 7.68. The van der Waals surface area contributed by atoms with E-state index in [4.69, 9.17) is 4.74 Å². The predicted octanol–water partition coefficient (Wildman–Crippen LogP) is 4.10. The van der Waals surface area contributed by atoms with Crippen LogP contribution >= 0.6 is 0 Å². The minimum absolute atomic E-state index is 0.107. The lowest BCUT2D eigenvalue weighted by molar-refractivity contribution is -0.141. The summed E-state index contributed by atoms with van der Waals surface area (Å²) in [7, 11) is 0. The van der Waals surface area contributed by atoms with E-state index >= 15 is 0 Å². The average molecular weight is 338 g/mol. The maximum Gasteiger partial charge on any atom is 0.433 e. The molecular weight excluding hydrogens is 324 g/mol. The average Bonchev–Trinajstić information content (AvgIpc) is 2.54. The molecule has 2 aromatic rings. The quantitative estimate of drug-likeness (QED) is 0.673. The SMILES string of the molecule is CCOc1ccc(C#CCNc2ccnc(C(F)(F)F)c2)cc1F. The maximum absolute atomic E-state index is 13.6. The van der Waals surface area contributed by atoms with E-state index in [9.17, 15) is 17.6 Å². The van der Waals surface area contributed by atoms with Gasteiger partial charge < -0.3 is 10.1 Å². The van der Waals surface area contributed by atoms with E-state index in [1.165, 1.54) is 18.2 Å². The molecule has 0 fully saturated rings. The Labute approximate surface area is 136 Å². The summed E-state index contributed by atoms with van der Waals surface area (Å²) in [5, 5.41) is 2.74. The molecule has 2 rings (SSSR count). The molecule has 24 heavy (non-hydrogen) atoms. The number of anilines is 1. The summed E-state index contributed by atoms with van der Waals surface area (Å²) >= 11 is 0. The van der Waals surface area contributed by atoms with E-state index in [-0.39, 0.29) is 18.0 Å². The van der Waals surface area contributed by atoms with Crippen LogP contribution in [0.4, 0.5) is 23.2 Å². The maximum atomic E-state index is 13.6. The topological polar surface area (TPSA) is 34.1 Å². The van der Waals surface area contributed by atoms with Crippen molar-refractivity contribution < 1.29 is 22.3 Å². The molecule has 0 unspecified atom stereocenters. The molecule has 0 bridgehead atoms. The lowest BCUT2D eigenvalue weighted by atomic mass is 10.2. The van der Waals surface area contributed by atoms with Gasteiger partial charge in [-0.25, -0.2) is 4.39 Å². The van der Waals surface area contributed by atoms with E-state index in [0.29, 0.717) is 12.2 Å². The first-order chi connectivity index (χ1) is 11.4. The molecule has 0 radical (unpaired) electrons. The van der Waals surface area contributed by atoms with Crippen molar-refractivity contribution in [2.45, 2.75) is 13.1 Å². The molecule has 1 aromatic heterocycles. The van der Waals surface area contributed by atoms with E-state index < -0.39 is 17.7 Å². The molecular formula is C17H14F4N2O. The Kier molecular flexibility index (Phi) is 5.64. The number of alkyl halides is 3. The molecule has 1 heterocycles. The van der Waals surface area contributed by atoms with Crippen molar-refractivity contribution in [1.29, 1.82) is 0 Å². The standard InChI is InChI=1S/C17H14F4N2O/c1-2-24-15-6-5-12(10-14(15)18)4-3-8-22-13-7-9-23-16(11-13)17(19,20)21/h5-7,9-11H,2,8H2,1H3,(H,22,23). The van der Waals surface area contributed by atoms with Crippen LogP contribution in [0.1, 0.15) is 18.2 Å². The van der Waals surface area contributed by atoms with Gasteiger partial charge in [-0.15, -0.1) is 0 Å². The van der Waals surface area contributed by atoms with Gasteiger partial charge in [-0.2, -0.15) is 13.2 Å². The molecule has 1 aromatic carbocycles. The number of nitrogens with zero attached hydrogens (tertiary/aromatic N) is 1. The van der Waals surface area contributed by atoms with E-state index in [1.54, 1.807) is 13.0 Å². The fourth-order valence-corrected chi connectivity index (χ4v) is 1.84. The van der Waals surface area contributed by atoms with Crippen LogP contribution in [0, 0.1) is 17.7 Å². The molecule has 0 atom stereocenters. The summed E-state index contributed by atoms with van der Waals surface area (Å²) in [4.78, 5) is 3.26. The normalized spacial score (nSPS) is 10.7. The van der Waals surface area contributed by atoms with Crippen LogP contribution in [-0.2, 0) is 6.18 Å². The zero-order valence-electron chi connectivity index (χ0n) is 12.7. The molecule has 0 aliphatic carbocycles. The Balaban J connectivity index is 1.98. The number of ether oxygens (including phenoxy) is 1. The number of halogens is 4. The molecule has 0 saturated carbocycles. The second-order valence-corrected chi connectivity index (χ2v) is 4.66. The minimum atomic E-state index is -4.50. The van der Waals surface area contributed by atoms with Gasteiger partial charge in [-0.1, -0.05) is 11.8 Å². The Morgan fingerprint density at radius 3 is 2.67 bits per heavy atom. The lowest BCUT2D eigenvalue weighted by Gasteiger charge is -2.07. The van der Waals surface area contributed by atoms with Gasteiger partial charge in [0.15, 0.2) is 11.6 Å². The molecule has 7 heteroatoms. The minimum Gasteiger partial charge on any atom is -0.491 e. The number of aromatic nitrogens is 1.